The lowest BCUT2D eigenvalue weighted by molar-refractivity contribution is 0.177. The zero-order chi connectivity index (χ0) is 19.6. The number of aromatic nitrogens is 6. The summed E-state index contributed by atoms with van der Waals surface area (Å²) < 4.78 is 7.17. The lowest BCUT2D eigenvalue weighted by atomic mass is 10.1. The van der Waals surface area contributed by atoms with Crippen LogP contribution in [0.1, 0.15) is 30.5 Å². The minimum Gasteiger partial charge on any atom is -0.377 e. The highest BCUT2D eigenvalue weighted by atomic mass is 16.5. The van der Waals surface area contributed by atoms with Gasteiger partial charge in [-0.3, -0.25) is 4.98 Å². The minimum atomic E-state index is 0.0295. The van der Waals surface area contributed by atoms with Crippen LogP contribution in [0.2, 0.25) is 0 Å². The summed E-state index contributed by atoms with van der Waals surface area (Å²) in [5, 5.41) is 9.15. The van der Waals surface area contributed by atoms with E-state index in [1.807, 2.05) is 41.1 Å². The number of pyridine rings is 1. The third-order valence-electron chi connectivity index (χ3n) is 5.03. The summed E-state index contributed by atoms with van der Waals surface area (Å²) in [6.45, 7) is 1.28. The largest absolute Gasteiger partial charge is 0.377 e. The number of hydrogen-bond donors (Lipinski definition) is 1. The fraction of sp³-hybridized carbons (Fsp3) is 0.286. The van der Waals surface area contributed by atoms with Crippen LogP contribution in [0.4, 0.5) is 5.82 Å². The Hall–Kier alpha value is -3.39. The number of rotatable bonds is 5. The first kappa shape index (κ1) is 17.7. The maximum Gasteiger partial charge on any atom is 0.176 e. The quantitative estimate of drug-likeness (QED) is 0.561. The molecule has 1 aliphatic heterocycles. The Labute approximate surface area is 168 Å². The summed E-state index contributed by atoms with van der Waals surface area (Å²) in [7, 11) is 1.66. The lowest BCUT2D eigenvalue weighted by Crippen LogP contribution is -2.23. The Balaban J connectivity index is 1.56. The Morgan fingerprint density at radius 2 is 2.07 bits per heavy atom. The second-order valence-corrected chi connectivity index (χ2v) is 7.04. The molecule has 5 rings (SSSR count). The number of ether oxygens (including phenoxy) is 1. The Morgan fingerprint density at radius 3 is 2.93 bits per heavy atom. The number of nitrogens with one attached hydrogen (secondary N) is 1. The van der Waals surface area contributed by atoms with Crippen molar-refractivity contribution in [3.05, 3.63) is 60.4 Å². The predicted octanol–water partition coefficient (Wildman–Crippen LogP) is 3.38. The zero-order valence-corrected chi connectivity index (χ0v) is 16.1. The molecule has 0 radical (unpaired) electrons. The Bertz CT molecular complexity index is 1140. The van der Waals surface area contributed by atoms with Gasteiger partial charge in [-0.15, -0.1) is 0 Å². The van der Waals surface area contributed by atoms with Crippen LogP contribution >= 0.6 is 0 Å². The lowest BCUT2D eigenvalue weighted by Gasteiger charge is -2.24. The van der Waals surface area contributed by atoms with Gasteiger partial charge in [-0.25, -0.2) is 19.6 Å². The van der Waals surface area contributed by atoms with Crippen molar-refractivity contribution in [3.63, 3.8) is 0 Å². The molecule has 4 aromatic rings. The summed E-state index contributed by atoms with van der Waals surface area (Å²) in [5.74, 6) is 3.08. The first-order valence-electron chi connectivity index (χ1n) is 9.68. The molecule has 1 unspecified atom stereocenters. The van der Waals surface area contributed by atoms with Gasteiger partial charge in [0.2, 0.25) is 0 Å². The van der Waals surface area contributed by atoms with Crippen molar-refractivity contribution in [3.8, 4) is 11.4 Å². The molecule has 146 valence electrons. The van der Waals surface area contributed by atoms with Crippen LogP contribution in [0.15, 0.2) is 48.8 Å². The Morgan fingerprint density at radius 1 is 1.14 bits per heavy atom. The summed E-state index contributed by atoms with van der Waals surface area (Å²) in [5.41, 5.74) is 1.77. The fourth-order valence-electron chi connectivity index (χ4n) is 3.70. The molecule has 0 aliphatic carbocycles. The van der Waals surface area contributed by atoms with E-state index in [-0.39, 0.29) is 6.04 Å². The SMILES string of the molecule is COCc1nc2n(n1)CCCC2Nc1nc(-c2cccnc2)nc2ccccc12. The van der Waals surface area contributed by atoms with E-state index in [9.17, 15) is 0 Å². The molecule has 8 heteroatoms. The number of anilines is 1. The molecule has 0 fully saturated rings. The van der Waals surface area contributed by atoms with Crippen molar-refractivity contribution in [2.45, 2.75) is 32.0 Å². The van der Waals surface area contributed by atoms with Crippen molar-refractivity contribution < 1.29 is 4.74 Å². The van der Waals surface area contributed by atoms with Crippen molar-refractivity contribution in [2.24, 2.45) is 0 Å². The summed E-state index contributed by atoms with van der Waals surface area (Å²) >= 11 is 0. The molecule has 1 aliphatic rings. The molecular formula is C21H21N7O. The van der Waals surface area contributed by atoms with Gasteiger partial charge in [-0.1, -0.05) is 12.1 Å². The average Bonchev–Trinajstić information content (AvgIpc) is 3.18. The van der Waals surface area contributed by atoms with Crippen molar-refractivity contribution in [1.29, 1.82) is 0 Å². The van der Waals surface area contributed by atoms with Gasteiger partial charge in [0.1, 0.15) is 18.2 Å². The van der Waals surface area contributed by atoms with Crippen LogP contribution in [0.25, 0.3) is 22.3 Å². The van der Waals surface area contributed by atoms with Crippen LogP contribution in [0.3, 0.4) is 0 Å². The molecule has 1 aromatic carbocycles. The molecule has 1 atom stereocenters. The van der Waals surface area contributed by atoms with Crippen LogP contribution in [-0.4, -0.2) is 36.8 Å². The summed E-state index contributed by atoms with van der Waals surface area (Å²) in [6, 6.07) is 11.9. The van der Waals surface area contributed by atoms with E-state index in [4.69, 9.17) is 14.7 Å². The third kappa shape index (κ3) is 3.42. The topological polar surface area (TPSA) is 90.6 Å². The summed E-state index contributed by atoms with van der Waals surface area (Å²) in [4.78, 5) is 18.5. The molecule has 0 bridgehead atoms. The second-order valence-electron chi connectivity index (χ2n) is 7.04. The zero-order valence-electron chi connectivity index (χ0n) is 16.1. The highest BCUT2D eigenvalue weighted by Crippen LogP contribution is 2.31. The Kier molecular flexibility index (Phi) is 4.61. The molecular weight excluding hydrogens is 366 g/mol. The predicted molar refractivity (Wildman–Crippen MR) is 109 cm³/mol. The van der Waals surface area contributed by atoms with Gasteiger partial charge >= 0.3 is 0 Å². The maximum absolute atomic E-state index is 5.20. The van der Waals surface area contributed by atoms with Crippen LogP contribution in [-0.2, 0) is 17.9 Å². The van der Waals surface area contributed by atoms with E-state index in [0.29, 0.717) is 18.3 Å². The number of aryl methyl sites for hydroxylation is 1. The number of nitrogens with zero attached hydrogens (tertiary/aromatic N) is 6. The van der Waals surface area contributed by atoms with Gasteiger partial charge in [0.25, 0.3) is 0 Å². The fourth-order valence-corrected chi connectivity index (χ4v) is 3.70. The van der Waals surface area contributed by atoms with Gasteiger partial charge in [-0.2, -0.15) is 5.10 Å². The molecule has 1 N–H and O–H groups in total. The highest BCUT2D eigenvalue weighted by molar-refractivity contribution is 5.90. The van der Waals surface area contributed by atoms with Crippen molar-refractivity contribution in [1.82, 2.24) is 29.7 Å². The first-order valence-corrected chi connectivity index (χ1v) is 9.68. The molecule has 0 amide bonds. The van der Waals surface area contributed by atoms with Crippen LogP contribution < -0.4 is 5.32 Å². The van der Waals surface area contributed by atoms with Gasteiger partial charge in [0.05, 0.1) is 11.6 Å². The number of hydrogen-bond acceptors (Lipinski definition) is 7. The van der Waals surface area contributed by atoms with E-state index in [1.54, 1.807) is 19.5 Å². The molecule has 4 heterocycles. The molecule has 3 aromatic heterocycles. The van der Waals surface area contributed by atoms with E-state index in [0.717, 1.165) is 47.5 Å². The van der Waals surface area contributed by atoms with Gasteiger partial charge in [0, 0.05) is 37.0 Å². The monoisotopic (exact) mass is 387 g/mol. The number of fused-ring (bicyclic) bond motifs is 2. The number of methoxy groups -OCH3 is 1. The van der Waals surface area contributed by atoms with Gasteiger partial charge in [0.15, 0.2) is 11.6 Å². The number of benzene rings is 1. The first-order chi connectivity index (χ1) is 14.3. The van der Waals surface area contributed by atoms with Crippen molar-refractivity contribution in [2.75, 3.05) is 12.4 Å². The standard InChI is InChI=1S/C21H21N7O/c1-29-13-18-25-21-17(9-5-11-28(21)27-18)24-20-15-7-2-3-8-16(15)23-19(26-20)14-6-4-10-22-12-14/h2-4,6-8,10,12,17H,5,9,11,13H2,1H3,(H,23,24,26). The second kappa shape index (κ2) is 7.56. The maximum atomic E-state index is 5.20. The molecule has 0 saturated carbocycles. The van der Waals surface area contributed by atoms with E-state index in [2.05, 4.69) is 20.4 Å². The molecule has 0 saturated heterocycles. The number of para-hydroxylation sites is 1. The smallest absolute Gasteiger partial charge is 0.176 e. The normalized spacial score (nSPS) is 16.0. The van der Waals surface area contributed by atoms with Gasteiger partial charge < -0.3 is 10.1 Å². The third-order valence-corrected chi connectivity index (χ3v) is 5.03. The summed E-state index contributed by atoms with van der Waals surface area (Å²) in [6.07, 6.45) is 5.52. The van der Waals surface area contributed by atoms with Gasteiger partial charge in [-0.05, 0) is 37.1 Å². The molecule has 0 spiro atoms. The molecule has 8 nitrogen and oxygen atoms in total. The van der Waals surface area contributed by atoms with Crippen LogP contribution in [0, 0.1) is 0 Å². The van der Waals surface area contributed by atoms with Crippen LogP contribution in [0.5, 0.6) is 0 Å². The molecule has 29 heavy (non-hydrogen) atoms. The average molecular weight is 387 g/mol. The van der Waals surface area contributed by atoms with E-state index < -0.39 is 0 Å². The van der Waals surface area contributed by atoms with E-state index >= 15 is 0 Å². The van der Waals surface area contributed by atoms with Crippen molar-refractivity contribution >= 4 is 16.7 Å². The highest BCUT2D eigenvalue weighted by Gasteiger charge is 2.25. The van der Waals surface area contributed by atoms with E-state index in [1.165, 1.54) is 0 Å². The minimum absolute atomic E-state index is 0.0295.